The van der Waals surface area contributed by atoms with E-state index in [4.69, 9.17) is 9.05 Å². The van der Waals surface area contributed by atoms with Crippen molar-refractivity contribution in [1.29, 1.82) is 0 Å². The van der Waals surface area contributed by atoms with Crippen molar-refractivity contribution in [3.05, 3.63) is 24.3 Å². The summed E-state index contributed by atoms with van der Waals surface area (Å²) < 4.78 is 25.9. The Kier molecular flexibility index (Phi) is 1.60. The van der Waals surface area contributed by atoms with Crippen molar-refractivity contribution in [2.75, 3.05) is 7.11 Å². The summed E-state index contributed by atoms with van der Waals surface area (Å²) in [5.41, 5.74) is 0. The van der Waals surface area contributed by atoms with Gasteiger partial charge >= 0.3 is 7.82 Å². The largest absolute Gasteiger partial charge is 0.587 e. The van der Waals surface area contributed by atoms with Crippen molar-refractivity contribution < 1.29 is 18.1 Å². The lowest BCUT2D eigenvalue weighted by Crippen LogP contribution is -1.92. The minimum absolute atomic E-state index is 0.461. The van der Waals surface area contributed by atoms with Crippen LogP contribution < -0.4 is 9.05 Å². The Morgan fingerprint density at radius 3 is 2.17 bits per heavy atom. The van der Waals surface area contributed by atoms with Gasteiger partial charge in [-0.1, -0.05) is 12.1 Å². The summed E-state index contributed by atoms with van der Waals surface area (Å²) in [6, 6.07) is 6.89. The van der Waals surface area contributed by atoms with Crippen LogP contribution in [0.25, 0.3) is 0 Å². The van der Waals surface area contributed by atoms with Crippen LogP contribution in [-0.4, -0.2) is 7.11 Å². The van der Waals surface area contributed by atoms with Crippen LogP contribution in [0.2, 0.25) is 0 Å². The third-order valence-electron chi connectivity index (χ3n) is 1.49. The predicted molar refractivity (Wildman–Crippen MR) is 42.3 cm³/mol. The Hall–Kier alpha value is -0.990. The van der Waals surface area contributed by atoms with Gasteiger partial charge < -0.3 is 9.05 Å². The van der Waals surface area contributed by atoms with Crippen LogP contribution in [-0.2, 0) is 9.09 Å². The first-order chi connectivity index (χ1) is 5.73. The molecule has 0 unspecified atom stereocenters. The molecule has 0 saturated heterocycles. The fourth-order valence-corrected chi connectivity index (χ4v) is 1.90. The van der Waals surface area contributed by atoms with Crippen LogP contribution >= 0.6 is 7.82 Å². The molecule has 0 aromatic heterocycles. The minimum Gasteiger partial charge on any atom is -0.391 e. The summed E-state index contributed by atoms with van der Waals surface area (Å²) in [6.07, 6.45) is 0. The zero-order chi connectivity index (χ0) is 8.60. The SMILES string of the molecule is COP1(=O)Oc2ccccc2O1. The number of fused-ring (bicyclic) bond motifs is 1. The van der Waals surface area contributed by atoms with E-state index in [1.54, 1.807) is 24.3 Å². The van der Waals surface area contributed by atoms with Gasteiger partial charge in [0.2, 0.25) is 0 Å². The van der Waals surface area contributed by atoms with Crippen molar-refractivity contribution in [3.8, 4) is 11.5 Å². The lowest BCUT2D eigenvalue weighted by Gasteiger charge is -2.04. The lowest BCUT2D eigenvalue weighted by atomic mass is 10.3. The highest BCUT2D eigenvalue weighted by Crippen LogP contribution is 2.57. The van der Waals surface area contributed by atoms with E-state index in [-0.39, 0.29) is 0 Å². The molecular formula is C7H7O4P. The third-order valence-corrected chi connectivity index (χ3v) is 2.78. The Morgan fingerprint density at radius 2 is 1.75 bits per heavy atom. The van der Waals surface area contributed by atoms with Gasteiger partial charge in [0.05, 0.1) is 0 Å². The molecule has 0 N–H and O–H groups in total. The number of hydrogen-bond acceptors (Lipinski definition) is 4. The number of phosphoric ester groups is 1. The summed E-state index contributed by atoms with van der Waals surface area (Å²) >= 11 is 0. The lowest BCUT2D eigenvalue weighted by molar-refractivity contribution is 0.275. The van der Waals surface area contributed by atoms with Gasteiger partial charge in [-0.3, -0.25) is 4.52 Å². The van der Waals surface area contributed by atoms with E-state index in [9.17, 15) is 4.57 Å². The highest BCUT2D eigenvalue weighted by molar-refractivity contribution is 7.49. The second-order valence-electron chi connectivity index (χ2n) is 2.26. The molecule has 64 valence electrons. The summed E-state index contributed by atoms with van der Waals surface area (Å²) in [4.78, 5) is 0. The topological polar surface area (TPSA) is 44.8 Å². The Balaban J connectivity index is 2.39. The van der Waals surface area contributed by atoms with E-state index in [2.05, 4.69) is 4.52 Å². The zero-order valence-corrected chi connectivity index (χ0v) is 7.28. The van der Waals surface area contributed by atoms with Crippen LogP contribution in [0.15, 0.2) is 24.3 Å². The van der Waals surface area contributed by atoms with Gasteiger partial charge in [-0.25, -0.2) is 4.57 Å². The van der Waals surface area contributed by atoms with Crippen LogP contribution in [0, 0.1) is 0 Å². The summed E-state index contributed by atoms with van der Waals surface area (Å²) in [5, 5.41) is 0. The van der Waals surface area contributed by atoms with Crippen molar-refractivity contribution in [2.24, 2.45) is 0 Å². The van der Waals surface area contributed by atoms with Crippen LogP contribution in [0.4, 0.5) is 0 Å². The zero-order valence-electron chi connectivity index (χ0n) is 6.39. The second kappa shape index (κ2) is 2.51. The average Bonchev–Trinajstić information content (AvgIpc) is 2.42. The predicted octanol–water partition coefficient (Wildman–Crippen LogP) is 2.21. The maximum Gasteiger partial charge on any atom is 0.587 e. The van der Waals surface area contributed by atoms with E-state index in [1.807, 2.05) is 0 Å². The molecule has 5 heteroatoms. The fraction of sp³-hybridized carbons (Fsp3) is 0.143. The van der Waals surface area contributed by atoms with Crippen molar-refractivity contribution in [3.63, 3.8) is 0 Å². The monoisotopic (exact) mass is 186 g/mol. The maximum absolute atomic E-state index is 11.4. The van der Waals surface area contributed by atoms with Crippen molar-refractivity contribution in [2.45, 2.75) is 0 Å². The standard InChI is InChI=1S/C7H7O4P/c1-9-12(8)10-6-4-2-3-5-7(6)11-12/h2-5H,1H3. The molecule has 4 nitrogen and oxygen atoms in total. The Morgan fingerprint density at radius 1 is 1.25 bits per heavy atom. The molecule has 2 rings (SSSR count). The highest BCUT2D eigenvalue weighted by atomic mass is 31.2. The number of phosphoric acid groups is 1. The smallest absolute Gasteiger partial charge is 0.391 e. The van der Waals surface area contributed by atoms with E-state index >= 15 is 0 Å². The molecule has 1 aromatic rings. The quantitative estimate of drug-likeness (QED) is 0.630. The molecule has 1 heterocycles. The number of benzene rings is 1. The molecule has 0 saturated carbocycles. The molecule has 0 radical (unpaired) electrons. The van der Waals surface area contributed by atoms with E-state index in [1.165, 1.54) is 7.11 Å². The molecule has 1 aromatic carbocycles. The number of hydrogen-bond donors (Lipinski definition) is 0. The summed E-state index contributed by atoms with van der Waals surface area (Å²) in [5.74, 6) is 0.922. The van der Waals surface area contributed by atoms with E-state index in [0.717, 1.165) is 0 Å². The number of para-hydroxylation sites is 2. The van der Waals surface area contributed by atoms with E-state index in [0.29, 0.717) is 11.5 Å². The number of rotatable bonds is 1. The molecule has 0 bridgehead atoms. The van der Waals surface area contributed by atoms with Crippen molar-refractivity contribution in [1.82, 2.24) is 0 Å². The molecule has 0 spiro atoms. The Bertz CT molecular complexity index is 320. The van der Waals surface area contributed by atoms with Gasteiger partial charge in [0.1, 0.15) is 0 Å². The first kappa shape index (κ1) is 7.65. The summed E-state index contributed by atoms with van der Waals surface area (Å²) in [6.45, 7) is 0. The average molecular weight is 186 g/mol. The first-order valence-corrected chi connectivity index (χ1v) is 4.83. The van der Waals surface area contributed by atoms with Gasteiger partial charge in [0.15, 0.2) is 11.5 Å². The molecule has 0 amide bonds. The molecule has 0 atom stereocenters. The first-order valence-electron chi connectivity index (χ1n) is 3.37. The van der Waals surface area contributed by atoms with Crippen LogP contribution in [0.3, 0.4) is 0 Å². The van der Waals surface area contributed by atoms with Gasteiger partial charge in [-0.2, -0.15) is 0 Å². The fourth-order valence-electron chi connectivity index (χ4n) is 0.935. The minimum atomic E-state index is -3.33. The molecule has 0 fully saturated rings. The van der Waals surface area contributed by atoms with Gasteiger partial charge in [0, 0.05) is 7.11 Å². The van der Waals surface area contributed by atoms with Gasteiger partial charge in [-0.15, -0.1) is 0 Å². The van der Waals surface area contributed by atoms with Crippen LogP contribution in [0.1, 0.15) is 0 Å². The molecule has 1 aliphatic heterocycles. The van der Waals surface area contributed by atoms with Gasteiger partial charge in [-0.05, 0) is 12.1 Å². The van der Waals surface area contributed by atoms with Gasteiger partial charge in [0.25, 0.3) is 0 Å². The maximum atomic E-state index is 11.4. The van der Waals surface area contributed by atoms with Crippen molar-refractivity contribution >= 4 is 7.82 Å². The third kappa shape index (κ3) is 1.09. The Labute approximate surface area is 69.7 Å². The van der Waals surface area contributed by atoms with Crippen LogP contribution in [0.5, 0.6) is 11.5 Å². The molecule has 12 heavy (non-hydrogen) atoms. The molecule has 0 aliphatic carbocycles. The molecule has 1 aliphatic rings. The summed E-state index contributed by atoms with van der Waals surface area (Å²) in [7, 11) is -2.05. The second-order valence-corrected chi connectivity index (χ2v) is 3.88. The molecular weight excluding hydrogens is 179 g/mol. The normalized spacial score (nSPS) is 17.8. The van der Waals surface area contributed by atoms with E-state index < -0.39 is 7.82 Å². The highest BCUT2D eigenvalue weighted by Gasteiger charge is 2.37.